The molecule has 0 fully saturated rings. The van der Waals surface area contributed by atoms with Crippen LogP contribution in [0.4, 0.5) is 5.69 Å². The third kappa shape index (κ3) is 7.33. The number of carbonyl (C=O) groups excluding carboxylic acids is 2. The van der Waals surface area contributed by atoms with Crippen molar-refractivity contribution in [1.29, 1.82) is 0 Å². The van der Waals surface area contributed by atoms with Crippen molar-refractivity contribution in [3.63, 3.8) is 0 Å². The lowest BCUT2D eigenvalue weighted by atomic mass is 10.2. The average Bonchev–Trinajstić information content (AvgIpc) is 2.65. The molecule has 134 valence electrons. The molecule has 6 nitrogen and oxygen atoms in total. The lowest BCUT2D eigenvalue weighted by Crippen LogP contribution is -2.47. The molecule has 2 aromatic rings. The molecule has 0 radical (unpaired) electrons. The molecule has 0 aromatic heterocycles. The minimum absolute atomic E-state index is 0.186. The van der Waals surface area contributed by atoms with Gasteiger partial charge in [0.2, 0.25) is 5.91 Å². The Morgan fingerprint density at radius 3 is 2.38 bits per heavy atom. The molecule has 0 spiro atoms. The number of halogens is 1. The second-order valence-corrected chi connectivity index (χ2v) is 5.94. The summed E-state index contributed by atoms with van der Waals surface area (Å²) in [6, 6.07) is 16.3. The summed E-state index contributed by atoms with van der Waals surface area (Å²) in [4.78, 5) is 23.4. The Hall–Kier alpha value is -2.90. The van der Waals surface area contributed by atoms with Gasteiger partial charge < -0.3 is 10.6 Å². The fraction of sp³-hybridized carbons (Fsp3) is 0.0556. The van der Waals surface area contributed by atoms with Crippen molar-refractivity contribution in [3.8, 4) is 0 Å². The van der Waals surface area contributed by atoms with Crippen LogP contribution in [-0.2, 0) is 9.59 Å². The zero-order valence-corrected chi connectivity index (χ0v) is 15.2. The molecule has 0 aliphatic rings. The average molecular weight is 389 g/mol. The molecule has 4 N–H and O–H groups in total. The van der Waals surface area contributed by atoms with Gasteiger partial charge in [0.1, 0.15) is 0 Å². The standard InChI is InChI=1S/C18H17ClN4O2S/c19-14-7-9-15(10-8-14)21-18(26)23-22-17(25)12-20-16(24)11-6-13-4-2-1-3-5-13/h1-11H,12H2,(H,20,24)(H,22,25)(H2,21,23,26)/b11-6+. The quantitative estimate of drug-likeness (QED) is 0.359. The largest absolute Gasteiger partial charge is 0.343 e. The number of rotatable bonds is 5. The number of amides is 2. The number of hydrogen-bond donors (Lipinski definition) is 4. The Labute approximate surface area is 161 Å². The Balaban J connectivity index is 1.66. The van der Waals surface area contributed by atoms with Crippen LogP contribution in [0.15, 0.2) is 60.7 Å². The zero-order valence-electron chi connectivity index (χ0n) is 13.7. The van der Waals surface area contributed by atoms with Crippen LogP contribution < -0.4 is 21.5 Å². The highest BCUT2D eigenvalue weighted by Gasteiger charge is 2.04. The molecule has 2 aromatic carbocycles. The topological polar surface area (TPSA) is 82.3 Å². The molecule has 0 atom stereocenters. The van der Waals surface area contributed by atoms with Crippen molar-refractivity contribution >= 4 is 52.5 Å². The first-order valence-electron chi connectivity index (χ1n) is 7.65. The van der Waals surface area contributed by atoms with Crippen molar-refractivity contribution in [2.75, 3.05) is 11.9 Å². The fourth-order valence-corrected chi connectivity index (χ4v) is 2.12. The number of hydrazine groups is 1. The second-order valence-electron chi connectivity index (χ2n) is 5.10. The van der Waals surface area contributed by atoms with Gasteiger partial charge in [0, 0.05) is 16.8 Å². The Bertz CT molecular complexity index is 795. The molecule has 0 saturated heterocycles. The molecule has 2 rings (SSSR count). The summed E-state index contributed by atoms with van der Waals surface area (Å²) in [5.41, 5.74) is 6.55. The van der Waals surface area contributed by atoms with Crippen LogP contribution >= 0.6 is 23.8 Å². The van der Waals surface area contributed by atoms with Gasteiger partial charge in [-0.25, -0.2) is 0 Å². The number of thiocarbonyl (C=S) groups is 1. The molecule has 26 heavy (non-hydrogen) atoms. The van der Waals surface area contributed by atoms with Crippen LogP contribution in [0.2, 0.25) is 5.02 Å². The van der Waals surface area contributed by atoms with Gasteiger partial charge in [-0.1, -0.05) is 41.9 Å². The van der Waals surface area contributed by atoms with Crippen molar-refractivity contribution in [1.82, 2.24) is 16.2 Å². The molecule has 8 heteroatoms. The van der Waals surface area contributed by atoms with E-state index in [0.29, 0.717) is 5.02 Å². The minimum Gasteiger partial charge on any atom is -0.343 e. The van der Waals surface area contributed by atoms with Crippen LogP contribution in [0.1, 0.15) is 5.56 Å². The summed E-state index contributed by atoms with van der Waals surface area (Å²) < 4.78 is 0. The highest BCUT2D eigenvalue weighted by Crippen LogP contribution is 2.12. The predicted octanol–water partition coefficient (Wildman–Crippen LogP) is 2.49. The van der Waals surface area contributed by atoms with Crippen molar-refractivity contribution in [3.05, 3.63) is 71.3 Å². The SMILES string of the molecule is O=C(/C=C/c1ccccc1)NCC(=O)NNC(=S)Nc1ccc(Cl)cc1. The maximum atomic E-state index is 11.7. The normalized spacial score (nSPS) is 10.2. The number of carbonyl (C=O) groups is 2. The van der Waals surface area contributed by atoms with Crippen molar-refractivity contribution < 1.29 is 9.59 Å². The Kier molecular flexibility index (Phi) is 7.60. The molecule has 0 aliphatic heterocycles. The number of hydrogen-bond acceptors (Lipinski definition) is 3. The molecule has 0 saturated carbocycles. The monoisotopic (exact) mass is 388 g/mol. The van der Waals surface area contributed by atoms with Gasteiger partial charge >= 0.3 is 0 Å². The van der Waals surface area contributed by atoms with E-state index in [1.807, 2.05) is 30.3 Å². The van der Waals surface area contributed by atoms with Crippen LogP contribution in [0.3, 0.4) is 0 Å². The van der Waals surface area contributed by atoms with E-state index in [1.54, 1.807) is 30.3 Å². The van der Waals surface area contributed by atoms with Gasteiger partial charge in [0.05, 0.1) is 6.54 Å². The summed E-state index contributed by atoms with van der Waals surface area (Å²) in [7, 11) is 0. The lowest BCUT2D eigenvalue weighted by Gasteiger charge is -2.11. The van der Waals surface area contributed by atoms with Gasteiger partial charge in [-0.05, 0) is 48.1 Å². The van der Waals surface area contributed by atoms with E-state index in [9.17, 15) is 9.59 Å². The van der Waals surface area contributed by atoms with Gasteiger partial charge in [0.25, 0.3) is 5.91 Å². The molecular weight excluding hydrogens is 372 g/mol. The van der Waals surface area contributed by atoms with E-state index in [4.69, 9.17) is 23.8 Å². The van der Waals surface area contributed by atoms with Crippen molar-refractivity contribution in [2.45, 2.75) is 0 Å². The molecule has 0 heterocycles. The fourth-order valence-electron chi connectivity index (χ4n) is 1.83. The molecule has 0 unspecified atom stereocenters. The van der Waals surface area contributed by atoms with E-state index < -0.39 is 5.91 Å². The van der Waals surface area contributed by atoms with E-state index in [1.165, 1.54) is 6.08 Å². The van der Waals surface area contributed by atoms with Crippen LogP contribution in [0, 0.1) is 0 Å². The van der Waals surface area contributed by atoms with Crippen LogP contribution in [0.5, 0.6) is 0 Å². The first kappa shape index (κ1) is 19.4. The summed E-state index contributed by atoms with van der Waals surface area (Å²) in [5.74, 6) is -0.808. The summed E-state index contributed by atoms with van der Waals surface area (Å²) in [5, 5.41) is 6.17. The van der Waals surface area contributed by atoms with E-state index in [2.05, 4.69) is 21.5 Å². The van der Waals surface area contributed by atoms with Gasteiger partial charge in [-0.2, -0.15) is 0 Å². The van der Waals surface area contributed by atoms with Crippen LogP contribution in [0.25, 0.3) is 6.08 Å². The van der Waals surface area contributed by atoms with Gasteiger partial charge in [-0.15, -0.1) is 0 Å². The molecule has 0 aliphatic carbocycles. The highest BCUT2D eigenvalue weighted by molar-refractivity contribution is 7.80. The number of benzene rings is 2. The van der Waals surface area contributed by atoms with Crippen molar-refractivity contribution in [2.24, 2.45) is 0 Å². The third-order valence-corrected chi connectivity index (χ3v) is 3.52. The maximum absolute atomic E-state index is 11.7. The van der Waals surface area contributed by atoms with Gasteiger partial charge in [0.15, 0.2) is 5.11 Å². The number of nitrogens with one attached hydrogen (secondary N) is 4. The van der Waals surface area contributed by atoms with E-state index in [0.717, 1.165) is 11.3 Å². The Morgan fingerprint density at radius 2 is 1.69 bits per heavy atom. The van der Waals surface area contributed by atoms with E-state index >= 15 is 0 Å². The first-order chi connectivity index (χ1) is 12.5. The summed E-state index contributed by atoms with van der Waals surface area (Å²) >= 11 is 10.8. The second kappa shape index (κ2) is 10.2. The van der Waals surface area contributed by atoms with Crippen LogP contribution in [-0.4, -0.2) is 23.5 Å². The third-order valence-electron chi connectivity index (χ3n) is 3.07. The van der Waals surface area contributed by atoms with E-state index in [-0.39, 0.29) is 17.6 Å². The first-order valence-corrected chi connectivity index (χ1v) is 8.44. The summed E-state index contributed by atoms with van der Waals surface area (Å²) in [6.45, 7) is -0.186. The molecular formula is C18H17ClN4O2S. The zero-order chi connectivity index (χ0) is 18.8. The maximum Gasteiger partial charge on any atom is 0.257 e. The predicted molar refractivity (Wildman–Crippen MR) is 107 cm³/mol. The molecule has 2 amide bonds. The number of anilines is 1. The highest BCUT2D eigenvalue weighted by atomic mass is 35.5. The van der Waals surface area contributed by atoms with Gasteiger partial charge in [-0.3, -0.25) is 20.4 Å². The summed E-state index contributed by atoms with van der Waals surface area (Å²) in [6.07, 6.45) is 3.03. The smallest absolute Gasteiger partial charge is 0.257 e. The minimum atomic E-state index is -0.438. The lowest BCUT2D eigenvalue weighted by molar-refractivity contribution is -0.124. The Morgan fingerprint density at radius 1 is 1.00 bits per heavy atom. The molecule has 0 bridgehead atoms.